The van der Waals surface area contributed by atoms with Gasteiger partial charge in [0.25, 0.3) is 5.91 Å². The quantitative estimate of drug-likeness (QED) is 0.495. The van der Waals surface area contributed by atoms with E-state index in [1.165, 1.54) is 16.6 Å². The lowest BCUT2D eigenvalue weighted by atomic mass is 10.1. The molecule has 0 radical (unpaired) electrons. The Morgan fingerprint density at radius 2 is 1.94 bits per heavy atom. The van der Waals surface area contributed by atoms with Gasteiger partial charge in [-0.15, -0.1) is 0 Å². The largest absolute Gasteiger partial charge is 0.495 e. The standard InChI is InChI=1S/C22H22N6O4/c1-26(2)21(29)13-5-6-19(32-4)16(7-13)25-20-9-18-14(10-23-20)8-17(28(18)22(30)31)15-11-24-27(3)12-15/h5-12H,1-4H3,(H,23,25)(H,30,31). The van der Waals surface area contributed by atoms with Crippen molar-refractivity contribution in [2.45, 2.75) is 0 Å². The zero-order valence-electron chi connectivity index (χ0n) is 18.0. The SMILES string of the molecule is COc1ccc(C(=O)N(C)C)cc1Nc1cc2c(cn1)cc(-c1cnn(C)c1)n2C(=O)O. The van der Waals surface area contributed by atoms with E-state index >= 15 is 0 Å². The number of benzene rings is 1. The summed E-state index contributed by atoms with van der Waals surface area (Å²) in [5.41, 5.74) is 2.65. The molecule has 0 atom stereocenters. The molecule has 3 aromatic heterocycles. The van der Waals surface area contributed by atoms with Crippen molar-refractivity contribution >= 4 is 34.4 Å². The van der Waals surface area contributed by atoms with Crippen molar-refractivity contribution in [2.75, 3.05) is 26.5 Å². The lowest BCUT2D eigenvalue weighted by Crippen LogP contribution is -2.21. The first-order chi connectivity index (χ1) is 15.3. The van der Waals surface area contributed by atoms with E-state index < -0.39 is 6.09 Å². The number of anilines is 2. The number of carbonyl (C=O) groups is 2. The summed E-state index contributed by atoms with van der Waals surface area (Å²) in [4.78, 5) is 30.3. The van der Waals surface area contributed by atoms with Crippen LogP contribution in [0.5, 0.6) is 5.75 Å². The molecule has 0 saturated carbocycles. The Kier molecular flexibility index (Phi) is 5.27. The predicted molar refractivity (Wildman–Crippen MR) is 120 cm³/mol. The van der Waals surface area contributed by atoms with Gasteiger partial charge < -0.3 is 20.1 Å². The second-order valence-corrected chi connectivity index (χ2v) is 7.42. The van der Waals surface area contributed by atoms with Gasteiger partial charge in [0.1, 0.15) is 11.6 Å². The number of fused-ring (bicyclic) bond motifs is 1. The molecule has 4 rings (SSSR count). The molecule has 10 heteroatoms. The van der Waals surface area contributed by atoms with Crippen molar-refractivity contribution in [2.24, 2.45) is 7.05 Å². The zero-order chi connectivity index (χ0) is 23.0. The van der Waals surface area contributed by atoms with Gasteiger partial charge in [0.05, 0.1) is 30.2 Å². The molecule has 0 aliphatic carbocycles. The molecule has 1 aromatic carbocycles. The number of aryl methyl sites for hydroxylation is 1. The third-order valence-electron chi connectivity index (χ3n) is 4.99. The van der Waals surface area contributed by atoms with Crippen molar-refractivity contribution in [3.63, 3.8) is 0 Å². The van der Waals surface area contributed by atoms with Crippen LogP contribution in [-0.2, 0) is 7.05 Å². The summed E-state index contributed by atoms with van der Waals surface area (Å²) in [6.45, 7) is 0. The topological polar surface area (TPSA) is 115 Å². The fourth-order valence-corrected chi connectivity index (χ4v) is 3.48. The van der Waals surface area contributed by atoms with E-state index in [0.717, 1.165) is 0 Å². The van der Waals surface area contributed by atoms with Crippen LogP contribution in [-0.4, -0.2) is 62.5 Å². The Balaban J connectivity index is 1.78. The van der Waals surface area contributed by atoms with Crippen molar-refractivity contribution < 1.29 is 19.4 Å². The monoisotopic (exact) mass is 434 g/mol. The number of pyridine rings is 1. The third-order valence-corrected chi connectivity index (χ3v) is 4.99. The minimum absolute atomic E-state index is 0.153. The first-order valence-electron chi connectivity index (χ1n) is 9.69. The second-order valence-electron chi connectivity index (χ2n) is 7.42. The molecule has 4 aromatic rings. The van der Waals surface area contributed by atoms with Gasteiger partial charge in [0, 0.05) is 56.1 Å². The first-order valence-corrected chi connectivity index (χ1v) is 9.69. The summed E-state index contributed by atoms with van der Waals surface area (Å²) in [7, 11) is 6.65. The predicted octanol–water partition coefficient (Wildman–Crippen LogP) is 3.42. The average Bonchev–Trinajstić information content (AvgIpc) is 3.36. The van der Waals surface area contributed by atoms with Gasteiger partial charge >= 0.3 is 6.09 Å². The van der Waals surface area contributed by atoms with Gasteiger partial charge in [-0.1, -0.05) is 0 Å². The lowest BCUT2D eigenvalue weighted by molar-refractivity contribution is 0.0827. The summed E-state index contributed by atoms with van der Waals surface area (Å²) in [6.07, 6.45) is 3.84. The van der Waals surface area contributed by atoms with Crippen LogP contribution < -0.4 is 10.1 Å². The minimum Gasteiger partial charge on any atom is -0.495 e. The summed E-state index contributed by atoms with van der Waals surface area (Å²) >= 11 is 0. The van der Waals surface area contributed by atoms with Gasteiger partial charge in [0.15, 0.2) is 0 Å². The van der Waals surface area contributed by atoms with Crippen LogP contribution in [0.1, 0.15) is 10.4 Å². The highest BCUT2D eigenvalue weighted by atomic mass is 16.5. The molecular weight excluding hydrogens is 412 g/mol. The number of carboxylic acid groups (broad SMARTS) is 1. The van der Waals surface area contributed by atoms with E-state index in [2.05, 4.69) is 15.4 Å². The molecule has 32 heavy (non-hydrogen) atoms. The highest BCUT2D eigenvalue weighted by molar-refractivity contribution is 5.97. The molecule has 0 fully saturated rings. The van der Waals surface area contributed by atoms with Gasteiger partial charge in [-0.05, 0) is 24.3 Å². The number of hydrogen-bond acceptors (Lipinski definition) is 6. The van der Waals surface area contributed by atoms with Crippen molar-refractivity contribution in [3.05, 3.63) is 54.5 Å². The molecule has 2 N–H and O–H groups in total. The number of hydrogen-bond donors (Lipinski definition) is 2. The molecule has 0 bridgehead atoms. The maximum absolute atomic E-state index is 12.3. The Morgan fingerprint density at radius 1 is 1.16 bits per heavy atom. The number of methoxy groups -OCH3 is 1. The van der Waals surface area contributed by atoms with Gasteiger partial charge in [0.2, 0.25) is 0 Å². The van der Waals surface area contributed by atoms with Crippen LogP contribution >= 0.6 is 0 Å². The van der Waals surface area contributed by atoms with Gasteiger partial charge in [-0.3, -0.25) is 9.48 Å². The number of aromatic nitrogens is 4. The Morgan fingerprint density at radius 3 is 2.56 bits per heavy atom. The second kappa shape index (κ2) is 8.06. The number of nitrogens with one attached hydrogen (secondary N) is 1. The summed E-state index contributed by atoms with van der Waals surface area (Å²) in [6, 6.07) is 8.44. The molecule has 1 amide bonds. The molecule has 0 unspecified atom stereocenters. The molecule has 3 heterocycles. The van der Waals surface area contributed by atoms with Crippen molar-refractivity contribution in [3.8, 4) is 17.0 Å². The Hall–Kier alpha value is -4.34. The fourth-order valence-electron chi connectivity index (χ4n) is 3.48. The molecule has 164 valence electrons. The van der Waals surface area contributed by atoms with E-state index in [-0.39, 0.29) is 5.91 Å². The molecular formula is C22H22N6O4. The van der Waals surface area contributed by atoms with Crippen LogP contribution in [0.15, 0.2) is 48.9 Å². The van der Waals surface area contributed by atoms with E-state index in [1.807, 2.05) is 0 Å². The lowest BCUT2D eigenvalue weighted by Gasteiger charge is -2.15. The summed E-state index contributed by atoms with van der Waals surface area (Å²) in [5.74, 6) is 0.774. The minimum atomic E-state index is -1.12. The highest BCUT2D eigenvalue weighted by Crippen LogP contribution is 2.32. The van der Waals surface area contributed by atoms with Crippen molar-refractivity contribution in [1.29, 1.82) is 0 Å². The summed E-state index contributed by atoms with van der Waals surface area (Å²) < 4.78 is 8.21. The molecule has 0 aliphatic heterocycles. The van der Waals surface area contributed by atoms with E-state index in [4.69, 9.17) is 4.74 Å². The number of ether oxygens (including phenoxy) is 1. The molecule has 0 spiro atoms. The molecule has 0 saturated heterocycles. The number of amides is 1. The van der Waals surface area contributed by atoms with Crippen LogP contribution in [0.4, 0.5) is 16.3 Å². The van der Waals surface area contributed by atoms with Crippen LogP contribution in [0, 0.1) is 0 Å². The van der Waals surface area contributed by atoms with E-state index in [0.29, 0.717) is 45.0 Å². The van der Waals surface area contributed by atoms with Crippen molar-refractivity contribution in [1.82, 2.24) is 24.2 Å². The molecule has 0 aliphatic rings. The van der Waals surface area contributed by atoms with Gasteiger partial charge in [-0.25, -0.2) is 14.3 Å². The Labute approximate surface area is 183 Å². The first kappa shape index (κ1) is 20.9. The maximum Gasteiger partial charge on any atom is 0.416 e. The van der Waals surface area contributed by atoms with Crippen LogP contribution in [0.2, 0.25) is 0 Å². The number of nitrogens with zero attached hydrogens (tertiary/aromatic N) is 5. The van der Waals surface area contributed by atoms with Crippen LogP contribution in [0.25, 0.3) is 22.2 Å². The average molecular weight is 434 g/mol. The zero-order valence-corrected chi connectivity index (χ0v) is 18.0. The highest BCUT2D eigenvalue weighted by Gasteiger charge is 2.18. The molecule has 10 nitrogen and oxygen atoms in total. The normalized spacial score (nSPS) is 10.9. The van der Waals surface area contributed by atoms with Crippen LogP contribution in [0.3, 0.4) is 0 Å². The smallest absolute Gasteiger partial charge is 0.416 e. The Bertz CT molecular complexity index is 1340. The van der Waals surface area contributed by atoms with E-state index in [9.17, 15) is 14.7 Å². The fraction of sp³-hybridized carbons (Fsp3) is 0.182. The number of carbonyl (C=O) groups excluding carboxylic acids is 1. The summed E-state index contributed by atoms with van der Waals surface area (Å²) in [5, 5.41) is 17.8. The van der Waals surface area contributed by atoms with Gasteiger partial charge in [-0.2, -0.15) is 5.10 Å². The third kappa shape index (κ3) is 3.73. The maximum atomic E-state index is 12.3. The number of rotatable bonds is 5. The van der Waals surface area contributed by atoms with E-state index in [1.54, 1.807) is 74.7 Å².